The second-order valence-corrected chi connectivity index (χ2v) is 5.46. The highest BCUT2D eigenvalue weighted by molar-refractivity contribution is 9.10. The summed E-state index contributed by atoms with van der Waals surface area (Å²) in [7, 11) is 0. The van der Waals surface area contributed by atoms with Crippen molar-refractivity contribution in [1.29, 1.82) is 5.41 Å². The maximum atomic E-state index is 7.52. The third kappa shape index (κ3) is 3.41. The minimum Gasteiger partial charge on any atom is -0.455 e. The van der Waals surface area contributed by atoms with Gasteiger partial charge in [-0.1, -0.05) is 23.2 Å². The second kappa shape index (κ2) is 5.82. The molecule has 19 heavy (non-hydrogen) atoms. The van der Waals surface area contributed by atoms with Crippen LogP contribution in [-0.4, -0.2) is 5.84 Å². The summed E-state index contributed by atoms with van der Waals surface area (Å²) in [5.41, 5.74) is 5.99. The standard InChI is InChI=1S/C13H9BrCl2N2O/c14-10-5-7(15)2-4-11(10)19-12-6-8(16)1-3-9(12)13(17)18/h1-6H,(H3,17,18). The summed E-state index contributed by atoms with van der Waals surface area (Å²) in [5, 5.41) is 8.62. The lowest BCUT2D eigenvalue weighted by Gasteiger charge is -2.12. The quantitative estimate of drug-likeness (QED) is 0.608. The van der Waals surface area contributed by atoms with E-state index in [1.54, 1.807) is 36.4 Å². The molecule has 0 aliphatic rings. The van der Waals surface area contributed by atoms with Gasteiger partial charge >= 0.3 is 0 Å². The SMILES string of the molecule is N=C(N)c1ccc(Cl)cc1Oc1ccc(Cl)cc1Br. The molecule has 0 spiro atoms. The topological polar surface area (TPSA) is 59.1 Å². The number of benzene rings is 2. The first kappa shape index (κ1) is 14.2. The number of hydrogen-bond donors (Lipinski definition) is 2. The number of rotatable bonds is 3. The molecule has 0 aromatic heterocycles. The Labute approximate surface area is 128 Å². The van der Waals surface area contributed by atoms with Gasteiger partial charge in [0.15, 0.2) is 0 Å². The van der Waals surface area contributed by atoms with Crippen molar-refractivity contribution in [2.45, 2.75) is 0 Å². The van der Waals surface area contributed by atoms with E-state index in [2.05, 4.69) is 15.9 Å². The molecule has 0 fully saturated rings. The molecule has 0 unspecified atom stereocenters. The first-order valence-electron chi connectivity index (χ1n) is 5.24. The number of halogens is 3. The van der Waals surface area contributed by atoms with Crippen LogP contribution in [0, 0.1) is 5.41 Å². The maximum Gasteiger partial charge on any atom is 0.141 e. The van der Waals surface area contributed by atoms with E-state index in [1.165, 1.54) is 0 Å². The van der Waals surface area contributed by atoms with Crippen molar-refractivity contribution in [2.24, 2.45) is 5.73 Å². The predicted molar refractivity (Wildman–Crippen MR) is 81.7 cm³/mol. The molecule has 0 aliphatic heterocycles. The van der Waals surface area contributed by atoms with E-state index in [9.17, 15) is 0 Å². The third-order valence-electron chi connectivity index (χ3n) is 2.35. The highest BCUT2D eigenvalue weighted by Crippen LogP contribution is 2.34. The zero-order chi connectivity index (χ0) is 14.0. The summed E-state index contributed by atoms with van der Waals surface area (Å²) < 4.78 is 6.43. The fourth-order valence-electron chi connectivity index (χ4n) is 1.48. The number of hydrogen-bond acceptors (Lipinski definition) is 2. The van der Waals surface area contributed by atoms with Crippen LogP contribution in [0.2, 0.25) is 10.0 Å². The van der Waals surface area contributed by atoms with Gasteiger partial charge in [0.1, 0.15) is 17.3 Å². The molecule has 98 valence electrons. The van der Waals surface area contributed by atoms with Gasteiger partial charge in [0.2, 0.25) is 0 Å². The maximum absolute atomic E-state index is 7.52. The molecule has 6 heteroatoms. The molecule has 0 atom stereocenters. The van der Waals surface area contributed by atoms with E-state index < -0.39 is 0 Å². The monoisotopic (exact) mass is 358 g/mol. The highest BCUT2D eigenvalue weighted by atomic mass is 79.9. The van der Waals surface area contributed by atoms with Gasteiger partial charge in [0, 0.05) is 16.1 Å². The number of nitrogens with two attached hydrogens (primary N) is 1. The smallest absolute Gasteiger partial charge is 0.141 e. The number of nitrogen functional groups attached to an aromatic ring is 1. The van der Waals surface area contributed by atoms with Crippen molar-refractivity contribution in [1.82, 2.24) is 0 Å². The van der Waals surface area contributed by atoms with E-state index in [4.69, 9.17) is 39.1 Å². The molecule has 0 saturated carbocycles. The van der Waals surface area contributed by atoms with E-state index >= 15 is 0 Å². The Hall–Kier alpha value is -1.23. The van der Waals surface area contributed by atoms with Gasteiger partial charge in [0.05, 0.1) is 10.0 Å². The summed E-state index contributed by atoms with van der Waals surface area (Å²) in [5.74, 6) is 0.897. The first-order valence-corrected chi connectivity index (χ1v) is 6.79. The molecule has 0 heterocycles. The third-order valence-corrected chi connectivity index (χ3v) is 3.44. The Kier molecular flexibility index (Phi) is 4.34. The molecule has 0 saturated heterocycles. The van der Waals surface area contributed by atoms with Gasteiger partial charge in [-0.25, -0.2) is 0 Å². The van der Waals surface area contributed by atoms with Crippen molar-refractivity contribution in [2.75, 3.05) is 0 Å². The summed E-state index contributed by atoms with van der Waals surface area (Å²) in [6.07, 6.45) is 0. The van der Waals surface area contributed by atoms with Crippen molar-refractivity contribution < 1.29 is 4.74 Å². The normalized spacial score (nSPS) is 10.3. The predicted octanol–water partition coefficient (Wildman–Crippen LogP) is 4.83. The van der Waals surface area contributed by atoms with Crippen molar-refractivity contribution in [3.05, 3.63) is 56.5 Å². The Bertz CT molecular complexity index is 647. The summed E-state index contributed by atoms with van der Waals surface area (Å²) in [6, 6.07) is 10.1. The zero-order valence-electron chi connectivity index (χ0n) is 9.58. The van der Waals surface area contributed by atoms with E-state index in [1.807, 2.05) is 0 Å². The van der Waals surface area contributed by atoms with Crippen LogP contribution in [0.15, 0.2) is 40.9 Å². The molecule has 3 nitrogen and oxygen atoms in total. The van der Waals surface area contributed by atoms with Crippen molar-refractivity contribution >= 4 is 45.0 Å². The zero-order valence-corrected chi connectivity index (χ0v) is 12.7. The highest BCUT2D eigenvalue weighted by Gasteiger charge is 2.10. The summed E-state index contributed by atoms with van der Waals surface area (Å²) in [4.78, 5) is 0. The molecular formula is C13H9BrCl2N2O. The van der Waals surface area contributed by atoms with Crippen LogP contribution in [0.1, 0.15) is 5.56 Å². The van der Waals surface area contributed by atoms with E-state index in [0.717, 1.165) is 0 Å². The minimum atomic E-state index is -0.0863. The Morgan fingerprint density at radius 1 is 1.05 bits per heavy atom. The van der Waals surface area contributed by atoms with Crippen molar-refractivity contribution in [3.8, 4) is 11.5 Å². The molecular weight excluding hydrogens is 351 g/mol. The van der Waals surface area contributed by atoms with Gasteiger partial charge < -0.3 is 10.5 Å². The lowest BCUT2D eigenvalue weighted by Crippen LogP contribution is -2.12. The number of nitrogens with one attached hydrogen (secondary N) is 1. The van der Waals surface area contributed by atoms with Gasteiger partial charge in [-0.3, -0.25) is 5.41 Å². The van der Waals surface area contributed by atoms with Crippen LogP contribution in [0.5, 0.6) is 11.5 Å². The van der Waals surface area contributed by atoms with E-state index in [0.29, 0.717) is 31.6 Å². The molecule has 0 bridgehead atoms. The average molecular weight is 360 g/mol. The molecule has 2 aromatic carbocycles. The van der Waals surface area contributed by atoms with Crippen LogP contribution < -0.4 is 10.5 Å². The van der Waals surface area contributed by atoms with Gasteiger partial charge in [-0.2, -0.15) is 0 Å². The summed E-state index contributed by atoms with van der Waals surface area (Å²) in [6.45, 7) is 0. The fourth-order valence-corrected chi connectivity index (χ4v) is 2.41. The Morgan fingerprint density at radius 3 is 2.32 bits per heavy atom. The second-order valence-electron chi connectivity index (χ2n) is 3.73. The fraction of sp³-hybridized carbons (Fsp3) is 0. The number of ether oxygens (including phenoxy) is 1. The molecule has 2 aromatic rings. The summed E-state index contributed by atoms with van der Waals surface area (Å²) >= 11 is 15.2. The van der Waals surface area contributed by atoms with Crippen LogP contribution in [0.25, 0.3) is 0 Å². The molecule has 0 radical (unpaired) electrons. The van der Waals surface area contributed by atoms with Crippen LogP contribution >= 0.6 is 39.1 Å². The first-order chi connectivity index (χ1) is 8.97. The van der Waals surface area contributed by atoms with Crippen LogP contribution in [0.4, 0.5) is 0 Å². The molecule has 3 N–H and O–H groups in total. The number of amidine groups is 1. The average Bonchev–Trinajstić information content (AvgIpc) is 2.32. The lowest BCUT2D eigenvalue weighted by atomic mass is 10.2. The van der Waals surface area contributed by atoms with Crippen LogP contribution in [0.3, 0.4) is 0 Å². The minimum absolute atomic E-state index is 0.0863. The molecule has 0 aliphatic carbocycles. The molecule has 0 amide bonds. The Morgan fingerprint density at radius 2 is 1.68 bits per heavy atom. The largest absolute Gasteiger partial charge is 0.455 e. The Balaban J connectivity index is 2.42. The molecule has 2 rings (SSSR count). The van der Waals surface area contributed by atoms with Gasteiger partial charge in [-0.05, 0) is 46.3 Å². The van der Waals surface area contributed by atoms with E-state index in [-0.39, 0.29) is 5.84 Å². The van der Waals surface area contributed by atoms with Crippen LogP contribution in [-0.2, 0) is 0 Å². The lowest BCUT2D eigenvalue weighted by molar-refractivity contribution is 0.478. The van der Waals surface area contributed by atoms with Crippen molar-refractivity contribution in [3.63, 3.8) is 0 Å². The van der Waals surface area contributed by atoms with Gasteiger partial charge in [-0.15, -0.1) is 0 Å². The van der Waals surface area contributed by atoms with Gasteiger partial charge in [0.25, 0.3) is 0 Å².